The lowest BCUT2D eigenvalue weighted by Crippen LogP contribution is -2.42. The number of rotatable bonds is 7. The van der Waals surface area contributed by atoms with E-state index in [0.717, 1.165) is 24.4 Å². The first-order chi connectivity index (χ1) is 9.38. The fourth-order valence-electron chi connectivity index (χ4n) is 2.29. The van der Waals surface area contributed by atoms with Crippen LogP contribution in [0.4, 0.5) is 0 Å². The molecule has 0 saturated carbocycles. The van der Waals surface area contributed by atoms with Crippen molar-refractivity contribution in [1.82, 2.24) is 15.1 Å². The Labute approximate surface area is 121 Å². The van der Waals surface area contributed by atoms with Gasteiger partial charge in [-0.15, -0.1) is 0 Å². The van der Waals surface area contributed by atoms with Crippen LogP contribution in [0.5, 0.6) is 0 Å². The number of carbonyl (C=O) groups is 1. The van der Waals surface area contributed by atoms with Crippen molar-refractivity contribution < 1.29 is 9.90 Å². The van der Waals surface area contributed by atoms with Crippen LogP contribution in [0.15, 0.2) is 0 Å². The number of aryl methyl sites for hydroxylation is 2. The number of hydrogen-bond acceptors (Lipinski definition) is 3. The number of amides is 1. The van der Waals surface area contributed by atoms with Gasteiger partial charge in [0.2, 0.25) is 0 Å². The van der Waals surface area contributed by atoms with Gasteiger partial charge in [-0.05, 0) is 33.1 Å². The zero-order chi connectivity index (χ0) is 15.3. The number of hydrogen-bond donors (Lipinski definition) is 2. The number of nitrogens with one attached hydrogen (secondary N) is 1. The van der Waals surface area contributed by atoms with E-state index in [1.165, 1.54) is 0 Å². The summed E-state index contributed by atoms with van der Waals surface area (Å²) in [6.45, 7) is 10.8. The molecule has 0 aliphatic carbocycles. The van der Waals surface area contributed by atoms with Crippen molar-refractivity contribution in [3.05, 3.63) is 17.0 Å². The summed E-state index contributed by atoms with van der Waals surface area (Å²) in [6.07, 6.45) is 2.22. The first kappa shape index (κ1) is 16.7. The molecule has 1 amide bonds. The number of carbonyl (C=O) groups excluding carboxylic acids is 1. The third kappa shape index (κ3) is 3.60. The average molecular weight is 281 g/mol. The van der Waals surface area contributed by atoms with Crippen LogP contribution in [-0.4, -0.2) is 32.9 Å². The van der Waals surface area contributed by atoms with E-state index in [2.05, 4.69) is 17.3 Å². The van der Waals surface area contributed by atoms with Gasteiger partial charge in [-0.3, -0.25) is 9.48 Å². The van der Waals surface area contributed by atoms with E-state index in [0.29, 0.717) is 18.4 Å². The fourth-order valence-corrected chi connectivity index (χ4v) is 2.29. The maximum absolute atomic E-state index is 12.3. The Morgan fingerprint density at radius 3 is 2.40 bits per heavy atom. The lowest BCUT2D eigenvalue weighted by molar-refractivity contribution is 0.0313. The summed E-state index contributed by atoms with van der Waals surface area (Å²) in [5.74, 6) is -0.150. The second kappa shape index (κ2) is 6.88. The molecular formula is C15H27N3O2. The number of aromatic nitrogens is 2. The first-order valence-corrected chi connectivity index (χ1v) is 7.43. The summed E-state index contributed by atoms with van der Waals surface area (Å²) in [5, 5.41) is 17.5. The zero-order valence-corrected chi connectivity index (χ0v) is 13.3. The molecule has 0 spiro atoms. The van der Waals surface area contributed by atoms with Crippen LogP contribution >= 0.6 is 0 Å². The largest absolute Gasteiger partial charge is 0.388 e. The van der Waals surface area contributed by atoms with E-state index in [1.807, 2.05) is 32.4 Å². The quantitative estimate of drug-likeness (QED) is 0.805. The highest BCUT2D eigenvalue weighted by Gasteiger charge is 2.25. The standard InChI is InChI=1S/C15H27N3O2/c1-6-9-18-12(5)13(11(4)17-18)14(19)16-10-15(20,7-2)8-3/h20H,6-10H2,1-5H3,(H,16,19). The van der Waals surface area contributed by atoms with Gasteiger partial charge in [-0.2, -0.15) is 5.10 Å². The predicted octanol–water partition coefficient (Wildman–Crippen LogP) is 2.19. The molecule has 114 valence electrons. The molecule has 2 N–H and O–H groups in total. The third-order valence-corrected chi connectivity index (χ3v) is 3.94. The molecular weight excluding hydrogens is 254 g/mol. The van der Waals surface area contributed by atoms with Gasteiger partial charge in [0.25, 0.3) is 5.91 Å². The van der Waals surface area contributed by atoms with Crippen molar-refractivity contribution in [3.8, 4) is 0 Å². The van der Waals surface area contributed by atoms with Crippen LogP contribution in [0.25, 0.3) is 0 Å². The van der Waals surface area contributed by atoms with Crippen molar-refractivity contribution in [2.75, 3.05) is 6.54 Å². The predicted molar refractivity (Wildman–Crippen MR) is 79.9 cm³/mol. The maximum Gasteiger partial charge on any atom is 0.255 e. The Balaban J connectivity index is 2.83. The third-order valence-electron chi connectivity index (χ3n) is 3.94. The van der Waals surface area contributed by atoms with Gasteiger partial charge in [-0.1, -0.05) is 20.8 Å². The Morgan fingerprint density at radius 2 is 1.90 bits per heavy atom. The van der Waals surface area contributed by atoms with E-state index < -0.39 is 5.60 Å². The number of aliphatic hydroxyl groups is 1. The SMILES string of the molecule is CCCn1nc(C)c(C(=O)NCC(O)(CC)CC)c1C. The molecule has 1 rings (SSSR count). The van der Waals surface area contributed by atoms with Gasteiger partial charge < -0.3 is 10.4 Å². The van der Waals surface area contributed by atoms with Crippen LogP contribution in [0.1, 0.15) is 61.8 Å². The molecule has 20 heavy (non-hydrogen) atoms. The molecule has 0 fully saturated rings. The average Bonchev–Trinajstić information content (AvgIpc) is 2.71. The Morgan fingerprint density at radius 1 is 1.30 bits per heavy atom. The second-order valence-electron chi connectivity index (χ2n) is 5.38. The minimum absolute atomic E-state index is 0.150. The van der Waals surface area contributed by atoms with Crippen molar-refractivity contribution >= 4 is 5.91 Å². The molecule has 0 bridgehead atoms. The van der Waals surface area contributed by atoms with E-state index in [1.54, 1.807) is 0 Å². The van der Waals surface area contributed by atoms with Gasteiger partial charge >= 0.3 is 0 Å². The summed E-state index contributed by atoms with van der Waals surface area (Å²) in [6, 6.07) is 0. The maximum atomic E-state index is 12.3. The van der Waals surface area contributed by atoms with E-state index >= 15 is 0 Å². The molecule has 0 aliphatic rings. The van der Waals surface area contributed by atoms with Crippen LogP contribution in [-0.2, 0) is 6.54 Å². The van der Waals surface area contributed by atoms with Crippen molar-refractivity contribution in [3.63, 3.8) is 0 Å². The molecule has 0 unspecified atom stereocenters. The minimum atomic E-state index is -0.823. The molecule has 0 saturated heterocycles. The topological polar surface area (TPSA) is 67.2 Å². The van der Waals surface area contributed by atoms with Gasteiger partial charge in [0.05, 0.1) is 16.9 Å². The van der Waals surface area contributed by atoms with E-state index in [-0.39, 0.29) is 12.5 Å². The highest BCUT2D eigenvalue weighted by molar-refractivity contribution is 5.96. The van der Waals surface area contributed by atoms with Gasteiger partial charge in [-0.25, -0.2) is 0 Å². The molecule has 0 atom stereocenters. The molecule has 0 aromatic carbocycles. The smallest absolute Gasteiger partial charge is 0.255 e. The summed E-state index contributed by atoms with van der Waals surface area (Å²) in [4.78, 5) is 12.3. The molecule has 1 aromatic rings. The lowest BCUT2D eigenvalue weighted by Gasteiger charge is -2.25. The molecule has 1 heterocycles. The molecule has 0 radical (unpaired) electrons. The summed E-state index contributed by atoms with van der Waals surface area (Å²) < 4.78 is 1.87. The summed E-state index contributed by atoms with van der Waals surface area (Å²) >= 11 is 0. The van der Waals surface area contributed by atoms with Crippen molar-refractivity contribution in [1.29, 1.82) is 0 Å². The minimum Gasteiger partial charge on any atom is -0.388 e. The normalized spacial score (nSPS) is 11.7. The van der Waals surface area contributed by atoms with Crippen molar-refractivity contribution in [2.24, 2.45) is 0 Å². The van der Waals surface area contributed by atoms with E-state index in [4.69, 9.17) is 0 Å². The van der Waals surface area contributed by atoms with E-state index in [9.17, 15) is 9.90 Å². The molecule has 1 aromatic heterocycles. The van der Waals surface area contributed by atoms with Crippen molar-refractivity contribution in [2.45, 2.75) is 66.0 Å². The van der Waals surface area contributed by atoms with Crippen LogP contribution < -0.4 is 5.32 Å². The first-order valence-electron chi connectivity index (χ1n) is 7.43. The molecule has 5 heteroatoms. The number of nitrogens with zero attached hydrogens (tertiary/aromatic N) is 2. The van der Waals surface area contributed by atoms with Crippen LogP contribution in [0.3, 0.4) is 0 Å². The Bertz CT molecular complexity index is 462. The highest BCUT2D eigenvalue weighted by atomic mass is 16.3. The zero-order valence-electron chi connectivity index (χ0n) is 13.3. The van der Waals surface area contributed by atoms with Crippen LogP contribution in [0, 0.1) is 13.8 Å². The summed E-state index contributed by atoms with van der Waals surface area (Å²) in [7, 11) is 0. The van der Waals surface area contributed by atoms with Gasteiger partial charge in [0, 0.05) is 18.8 Å². The van der Waals surface area contributed by atoms with Gasteiger partial charge in [0.1, 0.15) is 0 Å². The summed E-state index contributed by atoms with van der Waals surface area (Å²) in [5.41, 5.74) is 1.44. The second-order valence-corrected chi connectivity index (χ2v) is 5.38. The van der Waals surface area contributed by atoms with Gasteiger partial charge in [0.15, 0.2) is 0 Å². The molecule has 0 aliphatic heterocycles. The fraction of sp³-hybridized carbons (Fsp3) is 0.733. The highest BCUT2D eigenvalue weighted by Crippen LogP contribution is 2.16. The monoisotopic (exact) mass is 281 g/mol. The lowest BCUT2D eigenvalue weighted by atomic mass is 9.97. The van der Waals surface area contributed by atoms with Crippen LogP contribution in [0.2, 0.25) is 0 Å². The Hall–Kier alpha value is -1.36. The Kier molecular flexibility index (Phi) is 5.74. The molecule has 5 nitrogen and oxygen atoms in total.